The van der Waals surface area contributed by atoms with E-state index in [-0.39, 0.29) is 19.8 Å². The lowest BCUT2D eigenvalue weighted by molar-refractivity contribution is -0.168. The van der Waals surface area contributed by atoms with Gasteiger partial charge in [0.1, 0.15) is 23.2 Å². The summed E-state index contributed by atoms with van der Waals surface area (Å²) in [6.45, 7) is 5.31. The molecule has 0 aliphatic carbocycles. The van der Waals surface area contributed by atoms with Crippen molar-refractivity contribution in [2.75, 3.05) is 32.7 Å². The molecule has 250 valence electrons. The highest BCUT2D eigenvalue weighted by atomic mass is 32.2. The van der Waals surface area contributed by atoms with Gasteiger partial charge in [-0.2, -0.15) is 0 Å². The minimum Gasteiger partial charge on any atom is -0.434 e. The number of aromatic nitrogens is 4. The summed E-state index contributed by atoms with van der Waals surface area (Å²) in [7, 11) is 0. The predicted octanol–water partition coefficient (Wildman–Crippen LogP) is 9.00. The smallest absolute Gasteiger partial charge is 0.434 e. The predicted molar refractivity (Wildman–Crippen MR) is 172 cm³/mol. The van der Waals surface area contributed by atoms with Crippen molar-refractivity contribution in [1.29, 1.82) is 0 Å². The quantitative estimate of drug-likeness (QED) is 0.0322. The van der Waals surface area contributed by atoms with Crippen molar-refractivity contribution >= 4 is 35.2 Å². The third-order valence-corrected chi connectivity index (χ3v) is 7.83. The lowest BCUT2D eigenvalue weighted by atomic mass is 10.1. The van der Waals surface area contributed by atoms with Crippen LogP contribution in [0, 0.1) is 0 Å². The molecule has 1 atom stereocenters. The van der Waals surface area contributed by atoms with Crippen LogP contribution in [0.4, 0.5) is 9.59 Å². The van der Waals surface area contributed by atoms with Gasteiger partial charge in [0, 0.05) is 6.42 Å². The number of imidazole rings is 1. The number of hydrogen-bond acceptors (Lipinski definition) is 11. The number of nitrogens with zero attached hydrogens (tertiary/aromatic N) is 4. The Balaban J connectivity index is 1.73. The Bertz CT molecular complexity index is 1040. The molecule has 0 N–H and O–H groups in total. The van der Waals surface area contributed by atoms with Gasteiger partial charge >= 0.3 is 12.3 Å². The summed E-state index contributed by atoms with van der Waals surface area (Å²) in [5.41, 5.74) is 1.04. The van der Waals surface area contributed by atoms with Crippen LogP contribution in [0.15, 0.2) is 17.7 Å². The number of thioether (sulfide) groups is 1. The molecule has 0 amide bonds. The molecule has 0 radical (unpaired) electrons. The number of carbonyl (C=O) groups excluding carboxylic acids is 2. The zero-order valence-corrected chi connectivity index (χ0v) is 28.0. The normalized spacial score (nSPS) is 11.9. The van der Waals surface area contributed by atoms with Crippen LogP contribution in [0.5, 0.6) is 0 Å². The average molecular weight is 639 g/mol. The average Bonchev–Trinajstić information content (AvgIpc) is 3.47. The van der Waals surface area contributed by atoms with Crippen molar-refractivity contribution in [3.8, 4) is 0 Å². The molecule has 0 saturated heterocycles. The molecular weight excluding hydrogens is 584 g/mol. The highest BCUT2D eigenvalue weighted by molar-refractivity contribution is 7.98. The van der Waals surface area contributed by atoms with Crippen LogP contribution in [-0.4, -0.2) is 64.5 Å². The first-order chi connectivity index (χ1) is 21.6. The molecule has 44 heavy (non-hydrogen) atoms. The Kier molecular flexibility index (Phi) is 21.1. The topological polar surface area (TPSA) is 124 Å². The lowest BCUT2D eigenvalue weighted by Crippen LogP contribution is -2.22. The largest absolute Gasteiger partial charge is 0.512 e. The van der Waals surface area contributed by atoms with Crippen molar-refractivity contribution in [3.63, 3.8) is 0 Å². The summed E-state index contributed by atoms with van der Waals surface area (Å²) in [6.07, 6.45) is 21.1. The van der Waals surface area contributed by atoms with E-state index in [1.807, 2.05) is 6.26 Å². The maximum absolute atomic E-state index is 12.5. The van der Waals surface area contributed by atoms with Crippen LogP contribution in [0.2, 0.25) is 0 Å². The van der Waals surface area contributed by atoms with E-state index in [4.69, 9.17) is 23.7 Å². The molecule has 0 fully saturated rings. The summed E-state index contributed by atoms with van der Waals surface area (Å²) >= 11 is 1.44. The summed E-state index contributed by atoms with van der Waals surface area (Å²) in [5.74, 6) is 0. The van der Waals surface area contributed by atoms with E-state index in [1.54, 1.807) is 0 Å². The van der Waals surface area contributed by atoms with Gasteiger partial charge in [-0.25, -0.2) is 24.5 Å². The lowest BCUT2D eigenvalue weighted by Gasteiger charge is -2.19. The summed E-state index contributed by atoms with van der Waals surface area (Å²) in [4.78, 5) is 37.4. The van der Waals surface area contributed by atoms with Crippen LogP contribution in [-0.2, 0) is 23.7 Å². The standard InChI is InChI=1S/C32H54N4O7S/c1-4-6-8-10-12-14-16-18-21-40-31(37)41-24-20-23-39-30(36-26-35-27-28(36)33-25-34-29(27)44-3)43-32(38)42-22-19-17-15-13-11-9-7-5-2/h25-26,30H,4-24H2,1-3H3. The van der Waals surface area contributed by atoms with E-state index in [1.165, 1.54) is 93.2 Å². The van der Waals surface area contributed by atoms with Crippen molar-refractivity contribution in [2.45, 2.75) is 134 Å². The van der Waals surface area contributed by atoms with Gasteiger partial charge in [0.05, 0.1) is 26.4 Å². The molecule has 0 bridgehead atoms. The molecule has 0 spiro atoms. The molecule has 0 saturated carbocycles. The molecule has 0 aliphatic rings. The van der Waals surface area contributed by atoms with Crippen LogP contribution < -0.4 is 0 Å². The van der Waals surface area contributed by atoms with E-state index >= 15 is 0 Å². The van der Waals surface area contributed by atoms with Gasteiger partial charge < -0.3 is 23.7 Å². The fourth-order valence-electron chi connectivity index (χ4n) is 4.64. The summed E-state index contributed by atoms with van der Waals surface area (Å²) < 4.78 is 28.6. The van der Waals surface area contributed by atoms with Crippen LogP contribution in [0.3, 0.4) is 0 Å². The van der Waals surface area contributed by atoms with Crippen molar-refractivity contribution in [3.05, 3.63) is 12.7 Å². The second-order valence-corrected chi connectivity index (χ2v) is 11.6. The second-order valence-electron chi connectivity index (χ2n) is 10.9. The SMILES string of the molecule is CCCCCCCCCCOC(=O)OCCCOC(OC(=O)OCCCCCCCCCC)n1cnc2c(SC)ncnc21. The number of fused-ring (bicyclic) bond motifs is 1. The first kappa shape index (κ1) is 37.6. The van der Waals surface area contributed by atoms with Gasteiger partial charge in [-0.05, 0) is 19.1 Å². The molecular formula is C32H54N4O7S. The molecule has 2 rings (SSSR count). The van der Waals surface area contributed by atoms with Gasteiger partial charge in [0.25, 0.3) is 6.41 Å². The highest BCUT2D eigenvalue weighted by Gasteiger charge is 2.22. The zero-order valence-electron chi connectivity index (χ0n) is 27.1. The Morgan fingerprint density at radius 2 is 1.20 bits per heavy atom. The minimum atomic E-state index is -1.16. The maximum atomic E-state index is 12.5. The van der Waals surface area contributed by atoms with Crippen LogP contribution in [0.25, 0.3) is 11.2 Å². The third kappa shape index (κ3) is 15.9. The molecule has 2 aromatic heterocycles. The maximum Gasteiger partial charge on any atom is 0.512 e. The molecule has 11 nitrogen and oxygen atoms in total. The molecule has 0 aliphatic heterocycles. The van der Waals surface area contributed by atoms with Crippen molar-refractivity contribution in [1.82, 2.24) is 19.5 Å². The van der Waals surface area contributed by atoms with Gasteiger partial charge in [0.2, 0.25) is 0 Å². The monoisotopic (exact) mass is 638 g/mol. The number of carbonyl (C=O) groups is 2. The number of hydrogen-bond donors (Lipinski definition) is 0. The summed E-state index contributed by atoms with van der Waals surface area (Å²) in [6, 6.07) is 0. The Morgan fingerprint density at radius 1 is 0.682 bits per heavy atom. The van der Waals surface area contributed by atoms with Gasteiger partial charge in [-0.3, -0.25) is 4.57 Å². The van der Waals surface area contributed by atoms with Gasteiger partial charge in [-0.1, -0.05) is 104 Å². The summed E-state index contributed by atoms with van der Waals surface area (Å²) in [5, 5.41) is 0.698. The van der Waals surface area contributed by atoms with Gasteiger partial charge in [0.15, 0.2) is 5.65 Å². The minimum absolute atomic E-state index is 0.106. The van der Waals surface area contributed by atoms with Crippen LogP contribution >= 0.6 is 11.8 Å². The first-order valence-electron chi connectivity index (χ1n) is 16.6. The molecule has 12 heteroatoms. The number of ether oxygens (including phenoxy) is 5. The van der Waals surface area contributed by atoms with Crippen molar-refractivity contribution < 1.29 is 33.3 Å². The van der Waals surface area contributed by atoms with E-state index in [0.717, 1.165) is 38.5 Å². The third-order valence-electron chi connectivity index (χ3n) is 7.15. The van der Waals surface area contributed by atoms with E-state index < -0.39 is 18.7 Å². The van der Waals surface area contributed by atoms with Gasteiger partial charge in [-0.15, -0.1) is 11.8 Å². The van der Waals surface area contributed by atoms with Crippen molar-refractivity contribution in [2.24, 2.45) is 0 Å². The fourth-order valence-corrected chi connectivity index (χ4v) is 5.13. The molecule has 2 aromatic rings. The Hall–Kier alpha value is -2.60. The Morgan fingerprint density at radius 3 is 1.77 bits per heavy atom. The molecule has 1 unspecified atom stereocenters. The first-order valence-corrected chi connectivity index (χ1v) is 17.8. The highest BCUT2D eigenvalue weighted by Crippen LogP contribution is 2.24. The fraction of sp³-hybridized carbons (Fsp3) is 0.781. The van der Waals surface area contributed by atoms with E-state index in [2.05, 4.69) is 28.8 Å². The molecule has 2 heterocycles. The molecule has 0 aromatic carbocycles. The van der Waals surface area contributed by atoms with Crippen LogP contribution in [0.1, 0.15) is 129 Å². The van der Waals surface area contributed by atoms with E-state index in [9.17, 15) is 9.59 Å². The number of unbranched alkanes of at least 4 members (excludes halogenated alkanes) is 14. The zero-order chi connectivity index (χ0) is 31.7. The van der Waals surface area contributed by atoms with E-state index in [0.29, 0.717) is 29.2 Å². The Labute approximate surface area is 267 Å². The second kappa shape index (κ2) is 24.7. The number of rotatable bonds is 26.